The van der Waals surface area contributed by atoms with Crippen LogP contribution in [0.3, 0.4) is 0 Å². The molecule has 1 aromatic heterocycles. The molecule has 3 rings (SSSR count). The molecule has 0 bridgehead atoms. The van der Waals surface area contributed by atoms with Crippen LogP contribution in [0.4, 0.5) is 0 Å². The Labute approximate surface area is 156 Å². The maximum atomic E-state index is 12.6. The Morgan fingerprint density at radius 2 is 1.92 bits per heavy atom. The van der Waals surface area contributed by atoms with Crippen molar-refractivity contribution in [3.05, 3.63) is 75.3 Å². The number of hydrogen-bond donors (Lipinski definition) is 0. The fourth-order valence-electron chi connectivity index (χ4n) is 2.86. The van der Waals surface area contributed by atoms with Crippen LogP contribution in [0.25, 0.3) is 10.9 Å². The topological polar surface area (TPSA) is 55.2 Å². The van der Waals surface area contributed by atoms with Gasteiger partial charge >= 0.3 is 0 Å². The summed E-state index contributed by atoms with van der Waals surface area (Å²) >= 11 is 5.88. The van der Waals surface area contributed by atoms with Crippen molar-refractivity contribution < 1.29 is 4.79 Å². The first kappa shape index (κ1) is 18.1. The van der Waals surface area contributed by atoms with Crippen molar-refractivity contribution in [1.82, 2.24) is 14.5 Å². The van der Waals surface area contributed by atoms with Crippen molar-refractivity contribution in [3.63, 3.8) is 0 Å². The molecule has 0 unspecified atom stereocenters. The average Bonchev–Trinajstić information content (AvgIpc) is 2.63. The van der Waals surface area contributed by atoms with Crippen LogP contribution in [0.1, 0.15) is 17.5 Å². The van der Waals surface area contributed by atoms with Gasteiger partial charge in [-0.25, -0.2) is 4.98 Å². The molecule has 5 nitrogen and oxygen atoms in total. The van der Waals surface area contributed by atoms with Crippen LogP contribution in [0, 0.1) is 6.92 Å². The molecule has 0 atom stereocenters. The van der Waals surface area contributed by atoms with Crippen molar-refractivity contribution in [1.29, 1.82) is 0 Å². The summed E-state index contributed by atoms with van der Waals surface area (Å²) in [5, 5.41) is 1.25. The number of para-hydroxylation sites is 1. The van der Waals surface area contributed by atoms with Gasteiger partial charge in [0, 0.05) is 31.6 Å². The van der Waals surface area contributed by atoms with E-state index < -0.39 is 0 Å². The monoisotopic (exact) mass is 369 g/mol. The first-order chi connectivity index (χ1) is 12.5. The van der Waals surface area contributed by atoms with Gasteiger partial charge in [-0.15, -0.1) is 0 Å². The van der Waals surface area contributed by atoms with Gasteiger partial charge in [0.15, 0.2) is 0 Å². The van der Waals surface area contributed by atoms with E-state index in [1.165, 1.54) is 10.9 Å². The molecule has 1 heterocycles. The Morgan fingerprint density at radius 1 is 1.19 bits per heavy atom. The van der Waals surface area contributed by atoms with E-state index in [4.69, 9.17) is 11.6 Å². The van der Waals surface area contributed by atoms with E-state index in [-0.39, 0.29) is 17.9 Å². The normalized spacial score (nSPS) is 10.9. The lowest BCUT2D eigenvalue weighted by atomic mass is 10.1. The number of aryl methyl sites for hydroxylation is 2. The maximum Gasteiger partial charge on any atom is 0.261 e. The lowest BCUT2D eigenvalue weighted by Crippen LogP contribution is -2.29. The second kappa shape index (κ2) is 7.70. The molecular formula is C20H20ClN3O2. The number of carbonyl (C=O) groups is 1. The molecule has 0 N–H and O–H groups in total. The summed E-state index contributed by atoms with van der Waals surface area (Å²) in [6.45, 7) is 2.73. The van der Waals surface area contributed by atoms with Gasteiger partial charge in [0.2, 0.25) is 5.91 Å². The molecule has 0 aliphatic heterocycles. The van der Waals surface area contributed by atoms with Crippen LogP contribution in [-0.2, 0) is 17.9 Å². The molecule has 3 aromatic rings. The molecule has 1 amide bonds. The van der Waals surface area contributed by atoms with Gasteiger partial charge in [0.1, 0.15) is 0 Å². The first-order valence-corrected chi connectivity index (χ1v) is 8.76. The van der Waals surface area contributed by atoms with Gasteiger partial charge in [-0.05, 0) is 36.2 Å². The molecule has 2 aromatic carbocycles. The number of nitrogens with zero attached hydrogens (tertiary/aromatic N) is 3. The van der Waals surface area contributed by atoms with Gasteiger partial charge < -0.3 is 4.90 Å². The summed E-state index contributed by atoms with van der Waals surface area (Å²) in [5.74, 6) is -0.0313. The molecule has 0 aliphatic rings. The van der Waals surface area contributed by atoms with E-state index in [0.29, 0.717) is 29.0 Å². The summed E-state index contributed by atoms with van der Waals surface area (Å²) in [5.41, 5.74) is 2.56. The Morgan fingerprint density at radius 3 is 2.65 bits per heavy atom. The minimum Gasteiger partial charge on any atom is -0.341 e. The summed E-state index contributed by atoms with van der Waals surface area (Å²) in [6, 6.07) is 12.9. The Hall–Kier alpha value is -2.66. The number of hydrogen-bond acceptors (Lipinski definition) is 3. The highest BCUT2D eigenvalue weighted by Crippen LogP contribution is 2.13. The SMILES string of the molecule is Cc1cccc2c(=O)n(CCC(=O)N(C)Cc3ccc(Cl)cc3)cnc12. The summed E-state index contributed by atoms with van der Waals surface area (Å²) in [6.07, 6.45) is 1.76. The molecule has 0 saturated carbocycles. The average molecular weight is 370 g/mol. The molecule has 0 saturated heterocycles. The van der Waals surface area contributed by atoms with Crippen LogP contribution < -0.4 is 5.56 Å². The van der Waals surface area contributed by atoms with Gasteiger partial charge in [-0.1, -0.05) is 35.9 Å². The Kier molecular flexibility index (Phi) is 5.38. The van der Waals surface area contributed by atoms with Crippen LogP contribution in [0.15, 0.2) is 53.6 Å². The van der Waals surface area contributed by atoms with Crippen LogP contribution >= 0.6 is 11.6 Å². The van der Waals surface area contributed by atoms with Gasteiger partial charge in [0.05, 0.1) is 17.2 Å². The predicted molar refractivity (Wildman–Crippen MR) is 103 cm³/mol. The van der Waals surface area contributed by atoms with Gasteiger partial charge in [-0.3, -0.25) is 14.2 Å². The van der Waals surface area contributed by atoms with Crippen molar-refractivity contribution >= 4 is 28.4 Å². The highest BCUT2D eigenvalue weighted by Gasteiger charge is 2.11. The van der Waals surface area contributed by atoms with E-state index >= 15 is 0 Å². The molecule has 134 valence electrons. The number of aromatic nitrogens is 2. The van der Waals surface area contributed by atoms with Crippen molar-refractivity contribution in [2.24, 2.45) is 0 Å². The number of halogens is 1. The fourth-order valence-corrected chi connectivity index (χ4v) is 2.98. The third kappa shape index (κ3) is 3.94. The minimum atomic E-state index is -0.119. The summed E-state index contributed by atoms with van der Waals surface area (Å²) in [7, 11) is 1.75. The second-order valence-corrected chi connectivity index (χ2v) is 6.78. The molecular weight excluding hydrogens is 350 g/mol. The van der Waals surface area contributed by atoms with Crippen LogP contribution in [0.5, 0.6) is 0 Å². The molecule has 0 aliphatic carbocycles. The molecule has 0 fully saturated rings. The first-order valence-electron chi connectivity index (χ1n) is 8.39. The minimum absolute atomic E-state index is 0.0313. The largest absolute Gasteiger partial charge is 0.341 e. The molecule has 6 heteroatoms. The number of carbonyl (C=O) groups excluding carboxylic acids is 1. The molecule has 26 heavy (non-hydrogen) atoms. The summed E-state index contributed by atoms with van der Waals surface area (Å²) < 4.78 is 1.50. The highest BCUT2D eigenvalue weighted by molar-refractivity contribution is 6.30. The van der Waals surface area contributed by atoms with E-state index in [2.05, 4.69) is 4.98 Å². The van der Waals surface area contributed by atoms with Crippen LogP contribution in [0.2, 0.25) is 5.02 Å². The van der Waals surface area contributed by atoms with Crippen molar-refractivity contribution in [2.75, 3.05) is 7.05 Å². The lowest BCUT2D eigenvalue weighted by Gasteiger charge is -2.17. The Balaban J connectivity index is 1.67. The Bertz CT molecular complexity index is 996. The number of rotatable bonds is 5. The summed E-state index contributed by atoms with van der Waals surface area (Å²) in [4.78, 5) is 31.0. The second-order valence-electron chi connectivity index (χ2n) is 6.34. The molecule has 0 spiro atoms. The highest BCUT2D eigenvalue weighted by atomic mass is 35.5. The third-order valence-corrected chi connectivity index (χ3v) is 4.63. The zero-order valence-electron chi connectivity index (χ0n) is 14.8. The smallest absolute Gasteiger partial charge is 0.261 e. The van der Waals surface area contributed by atoms with Crippen LogP contribution in [-0.4, -0.2) is 27.4 Å². The van der Waals surface area contributed by atoms with Crippen molar-refractivity contribution in [3.8, 4) is 0 Å². The fraction of sp³-hybridized carbons (Fsp3) is 0.250. The van der Waals surface area contributed by atoms with E-state index in [1.54, 1.807) is 30.1 Å². The van der Waals surface area contributed by atoms with Gasteiger partial charge in [-0.2, -0.15) is 0 Å². The quantitative estimate of drug-likeness (QED) is 0.692. The van der Waals surface area contributed by atoms with Gasteiger partial charge in [0.25, 0.3) is 5.56 Å². The predicted octanol–water partition coefficient (Wildman–Crippen LogP) is 3.41. The zero-order chi connectivity index (χ0) is 18.7. The maximum absolute atomic E-state index is 12.6. The van der Waals surface area contributed by atoms with Crippen molar-refractivity contribution in [2.45, 2.75) is 26.4 Å². The van der Waals surface area contributed by atoms with E-state index in [0.717, 1.165) is 11.1 Å². The number of amides is 1. The zero-order valence-corrected chi connectivity index (χ0v) is 15.5. The lowest BCUT2D eigenvalue weighted by molar-refractivity contribution is -0.130. The van der Waals surface area contributed by atoms with E-state index in [1.807, 2.05) is 31.2 Å². The number of fused-ring (bicyclic) bond motifs is 1. The molecule has 0 radical (unpaired) electrons. The third-order valence-electron chi connectivity index (χ3n) is 4.38. The number of benzene rings is 2. The standard InChI is InChI=1S/C20H20ClN3O2/c1-14-4-3-5-17-19(14)22-13-24(20(17)26)11-10-18(25)23(2)12-15-6-8-16(21)9-7-15/h3-9,13H,10-12H2,1-2H3. The van der Waals surface area contributed by atoms with E-state index in [9.17, 15) is 9.59 Å².